The van der Waals surface area contributed by atoms with Crippen molar-refractivity contribution in [1.82, 2.24) is 9.78 Å². The van der Waals surface area contributed by atoms with E-state index in [9.17, 15) is 14.4 Å². The Bertz CT molecular complexity index is 997. The number of nitrogens with two attached hydrogens (primary N) is 1. The van der Waals surface area contributed by atoms with Crippen LogP contribution >= 0.6 is 11.3 Å². The lowest BCUT2D eigenvalue weighted by atomic mass is 10.1. The van der Waals surface area contributed by atoms with Gasteiger partial charge in [0.25, 0.3) is 5.91 Å². The SMILES string of the molecule is NC(=O)Cn1cc(NC(=O)c2cccc(NC(=O)CCCc3cccs3)c2)cn1. The van der Waals surface area contributed by atoms with Crippen molar-refractivity contribution in [2.45, 2.75) is 25.8 Å². The minimum Gasteiger partial charge on any atom is -0.368 e. The van der Waals surface area contributed by atoms with Crippen molar-refractivity contribution in [2.24, 2.45) is 5.73 Å². The number of rotatable bonds is 9. The van der Waals surface area contributed by atoms with Gasteiger partial charge in [0.2, 0.25) is 11.8 Å². The van der Waals surface area contributed by atoms with Crippen LogP contribution in [0.15, 0.2) is 54.2 Å². The van der Waals surface area contributed by atoms with Crippen LogP contribution in [0.3, 0.4) is 0 Å². The molecule has 4 N–H and O–H groups in total. The fourth-order valence-electron chi connectivity index (χ4n) is 2.72. The predicted octanol–water partition coefficient (Wildman–Crippen LogP) is 2.64. The summed E-state index contributed by atoms with van der Waals surface area (Å²) in [4.78, 5) is 36.8. The van der Waals surface area contributed by atoms with E-state index >= 15 is 0 Å². The Morgan fingerprint density at radius 3 is 2.72 bits per heavy atom. The molecule has 29 heavy (non-hydrogen) atoms. The highest BCUT2D eigenvalue weighted by Gasteiger charge is 2.10. The Hall–Kier alpha value is -3.46. The molecule has 0 atom stereocenters. The minimum atomic E-state index is -0.523. The first-order valence-electron chi connectivity index (χ1n) is 9.04. The minimum absolute atomic E-state index is 0.0656. The number of benzene rings is 1. The Balaban J connectivity index is 1.52. The molecule has 0 radical (unpaired) electrons. The van der Waals surface area contributed by atoms with Crippen LogP contribution in [0.1, 0.15) is 28.1 Å². The van der Waals surface area contributed by atoms with Crippen molar-refractivity contribution in [1.29, 1.82) is 0 Å². The van der Waals surface area contributed by atoms with Crippen LogP contribution in [0, 0.1) is 0 Å². The van der Waals surface area contributed by atoms with E-state index in [1.807, 2.05) is 11.4 Å². The highest BCUT2D eigenvalue weighted by molar-refractivity contribution is 7.09. The topological polar surface area (TPSA) is 119 Å². The standard InChI is InChI=1S/C20H21N5O3S/c21-18(26)13-25-12-16(11-22-25)24-20(28)14-4-1-5-15(10-14)23-19(27)8-2-6-17-7-3-9-29-17/h1,3-5,7,9-12H,2,6,8,13H2,(H2,21,26)(H,23,27)(H,24,28). The molecular formula is C20H21N5O3S. The van der Waals surface area contributed by atoms with Gasteiger partial charge < -0.3 is 16.4 Å². The molecule has 0 fully saturated rings. The maximum atomic E-state index is 12.4. The molecule has 150 valence electrons. The number of carbonyl (C=O) groups excluding carboxylic acids is 3. The van der Waals surface area contributed by atoms with Crippen molar-refractivity contribution >= 4 is 40.4 Å². The van der Waals surface area contributed by atoms with Crippen molar-refractivity contribution in [3.05, 3.63) is 64.6 Å². The monoisotopic (exact) mass is 411 g/mol. The van der Waals surface area contributed by atoms with Gasteiger partial charge in [-0.05, 0) is 42.5 Å². The van der Waals surface area contributed by atoms with Crippen molar-refractivity contribution in [3.8, 4) is 0 Å². The molecule has 3 aromatic rings. The number of nitrogens with one attached hydrogen (secondary N) is 2. The summed E-state index contributed by atoms with van der Waals surface area (Å²) in [6.45, 7) is -0.0656. The van der Waals surface area contributed by atoms with Gasteiger partial charge in [0.1, 0.15) is 6.54 Å². The van der Waals surface area contributed by atoms with Crippen LogP contribution in [0.5, 0.6) is 0 Å². The van der Waals surface area contributed by atoms with Crippen LogP contribution in [0.4, 0.5) is 11.4 Å². The van der Waals surface area contributed by atoms with E-state index in [-0.39, 0.29) is 18.4 Å². The van der Waals surface area contributed by atoms with Crippen LogP contribution in [-0.4, -0.2) is 27.5 Å². The number of nitrogens with zero attached hydrogens (tertiary/aromatic N) is 2. The molecule has 0 bridgehead atoms. The average molecular weight is 411 g/mol. The molecule has 1 aromatic carbocycles. The normalized spacial score (nSPS) is 10.5. The first kappa shape index (κ1) is 20.3. The van der Waals surface area contributed by atoms with Crippen molar-refractivity contribution in [3.63, 3.8) is 0 Å². The summed E-state index contributed by atoms with van der Waals surface area (Å²) in [5.41, 5.74) is 6.51. The summed E-state index contributed by atoms with van der Waals surface area (Å²) in [5.74, 6) is -0.964. The number of hydrogen-bond donors (Lipinski definition) is 3. The zero-order valence-electron chi connectivity index (χ0n) is 15.6. The van der Waals surface area contributed by atoms with Gasteiger partial charge in [-0.1, -0.05) is 12.1 Å². The summed E-state index contributed by atoms with van der Waals surface area (Å²) < 4.78 is 1.34. The molecule has 2 heterocycles. The summed E-state index contributed by atoms with van der Waals surface area (Å²) in [6, 6.07) is 10.8. The molecule has 0 saturated carbocycles. The zero-order chi connectivity index (χ0) is 20.6. The van der Waals surface area contributed by atoms with E-state index in [0.29, 0.717) is 23.4 Å². The van der Waals surface area contributed by atoms with E-state index in [4.69, 9.17) is 5.73 Å². The number of aromatic nitrogens is 2. The van der Waals surface area contributed by atoms with Crippen molar-refractivity contribution < 1.29 is 14.4 Å². The van der Waals surface area contributed by atoms with E-state index < -0.39 is 5.91 Å². The second-order valence-electron chi connectivity index (χ2n) is 6.41. The molecule has 0 unspecified atom stereocenters. The molecule has 0 aliphatic carbocycles. The van der Waals surface area contributed by atoms with Gasteiger partial charge in [-0.15, -0.1) is 11.3 Å². The Morgan fingerprint density at radius 2 is 1.97 bits per heavy atom. The van der Waals surface area contributed by atoms with Gasteiger partial charge in [0.05, 0.1) is 11.9 Å². The number of amides is 3. The first-order chi connectivity index (χ1) is 14.0. The quantitative estimate of drug-likeness (QED) is 0.501. The molecule has 3 rings (SSSR count). The first-order valence-corrected chi connectivity index (χ1v) is 9.92. The molecule has 8 nitrogen and oxygen atoms in total. The molecule has 0 aliphatic rings. The van der Waals surface area contributed by atoms with Crippen LogP contribution in [-0.2, 0) is 22.6 Å². The highest BCUT2D eigenvalue weighted by atomic mass is 32.1. The summed E-state index contributed by atoms with van der Waals surface area (Å²) in [5, 5.41) is 11.5. The number of primary amides is 1. The molecule has 2 aromatic heterocycles. The summed E-state index contributed by atoms with van der Waals surface area (Å²) in [6.07, 6.45) is 4.99. The van der Waals surface area contributed by atoms with E-state index in [0.717, 1.165) is 12.8 Å². The number of aryl methyl sites for hydroxylation is 1. The number of carbonyl (C=O) groups is 3. The summed E-state index contributed by atoms with van der Waals surface area (Å²) in [7, 11) is 0. The average Bonchev–Trinajstić information content (AvgIpc) is 3.33. The number of anilines is 2. The number of thiophene rings is 1. The molecule has 0 spiro atoms. The Morgan fingerprint density at radius 1 is 1.10 bits per heavy atom. The fourth-order valence-corrected chi connectivity index (χ4v) is 3.47. The van der Waals surface area contributed by atoms with Gasteiger partial charge in [-0.25, -0.2) is 0 Å². The van der Waals surface area contributed by atoms with Gasteiger partial charge in [-0.2, -0.15) is 5.10 Å². The van der Waals surface area contributed by atoms with Crippen LogP contribution in [0.25, 0.3) is 0 Å². The molecule has 3 amide bonds. The molecule has 0 saturated heterocycles. The Labute approximate surface area is 171 Å². The van der Waals surface area contributed by atoms with Crippen molar-refractivity contribution in [2.75, 3.05) is 10.6 Å². The molecule has 9 heteroatoms. The predicted molar refractivity (Wildman–Crippen MR) is 112 cm³/mol. The maximum absolute atomic E-state index is 12.4. The fraction of sp³-hybridized carbons (Fsp3) is 0.200. The highest BCUT2D eigenvalue weighted by Crippen LogP contribution is 2.15. The third-order valence-electron chi connectivity index (χ3n) is 4.02. The second-order valence-corrected chi connectivity index (χ2v) is 7.44. The van der Waals surface area contributed by atoms with Crippen LogP contribution in [0.2, 0.25) is 0 Å². The van der Waals surface area contributed by atoms with E-state index in [2.05, 4.69) is 21.8 Å². The second kappa shape index (κ2) is 9.65. The summed E-state index contributed by atoms with van der Waals surface area (Å²) >= 11 is 1.68. The van der Waals surface area contributed by atoms with Gasteiger partial charge >= 0.3 is 0 Å². The lowest BCUT2D eigenvalue weighted by molar-refractivity contribution is -0.119. The largest absolute Gasteiger partial charge is 0.368 e. The number of hydrogen-bond acceptors (Lipinski definition) is 5. The van der Waals surface area contributed by atoms with Gasteiger partial charge in [0, 0.05) is 28.7 Å². The van der Waals surface area contributed by atoms with E-state index in [1.54, 1.807) is 35.6 Å². The third-order valence-corrected chi connectivity index (χ3v) is 4.96. The smallest absolute Gasteiger partial charge is 0.255 e. The zero-order valence-corrected chi connectivity index (χ0v) is 16.4. The molecule has 0 aliphatic heterocycles. The molecular weight excluding hydrogens is 390 g/mol. The van der Waals surface area contributed by atoms with Crippen LogP contribution < -0.4 is 16.4 Å². The Kier molecular flexibility index (Phi) is 6.75. The lowest BCUT2D eigenvalue weighted by Gasteiger charge is -2.07. The van der Waals surface area contributed by atoms with E-state index in [1.165, 1.54) is 22.0 Å². The maximum Gasteiger partial charge on any atom is 0.255 e. The van der Waals surface area contributed by atoms with Gasteiger partial charge in [0.15, 0.2) is 0 Å². The third kappa shape index (κ3) is 6.28. The van der Waals surface area contributed by atoms with Gasteiger partial charge in [-0.3, -0.25) is 19.1 Å². The lowest BCUT2D eigenvalue weighted by Crippen LogP contribution is -2.18.